The van der Waals surface area contributed by atoms with E-state index in [-0.39, 0.29) is 4.90 Å². The van der Waals surface area contributed by atoms with E-state index >= 15 is 0 Å². The van der Waals surface area contributed by atoms with Crippen LogP contribution in [0.15, 0.2) is 87.5 Å². The molecule has 154 valence electrons. The fourth-order valence-corrected chi connectivity index (χ4v) is 4.24. The van der Waals surface area contributed by atoms with E-state index in [0.717, 1.165) is 19.9 Å². The highest BCUT2D eigenvalue weighted by Crippen LogP contribution is 2.25. The molecule has 1 heterocycles. The third-order valence-corrected chi connectivity index (χ3v) is 6.44. The van der Waals surface area contributed by atoms with Crippen molar-refractivity contribution in [2.75, 3.05) is 10.8 Å². The van der Waals surface area contributed by atoms with Crippen LogP contribution in [-0.4, -0.2) is 32.1 Å². The fraction of sp³-hybridized carbons (Fsp3) is 0.0952. The third kappa shape index (κ3) is 5.52. The van der Waals surface area contributed by atoms with Crippen LogP contribution < -0.4 is 9.73 Å². The third-order valence-electron chi connectivity index (χ3n) is 4.12. The number of anilines is 1. The summed E-state index contributed by atoms with van der Waals surface area (Å²) in [5.41, 5.74) is 4.43. The van der Waals surface area contributed by atoms with Crippen molar-refractivity contribution in [3.63, 3.8) is 0 Å². The summed E-state index contributed by atoms with van der Waals surface area (Å²) in [5.74, 6) is -0.570. The quantitative estimate of drug-likeness (QED) is 0.408. The van der Waals surface area contributed by atoms with Gasteiger partial charge in [0.15, 0.2) is 0 Å². The van der Waals surface area contributed by atoms with Gasteiger partial charge in [0.25, 0.3) is 15.9 Å². The van der Waals surface area contributed by atoms with E-state index in [1.54, 1.807) is 60.9 Å². The van der Waals surface area contributed by atoms with Gasteiger partial charge >= 0.3 is 0 Å². The normalized spacial score (nSPS) is 11.4. The molecule has 0 unspecified atom stereocenters. The van der Waals surface area contributed by atoms with Crippen molar-refractivity contribution in [2.45, 2.75) is 11.8 Å². The number of benzene rings is 2. The molecule has 0 bridgehead atoms. The van der Waals surface area contributed by atoms with E-state index in [1.807, 2.05) is 6.92 Å². The number of rotatable bonds is 7. The average Bonchev–Trinajstić information content (AvgIpc) is 2.74. The zero-order chi connectivity index (χ0) is 21.6. The van der Waals surface area contributed by atoms with Gasteiger partial charge in [-0.15, -0.1) is 0 Å². The first kappa shape index (κ1) is 21.7. The van der Waals surface area contributed by atoms with Crippen LogP contribution in [-0.2, 0) is 14.8 Å². The van der Waals surface area contributed by atoms with Crippen molar-refractivity contribution in [1.82, 2.24) is 10.4 Å². The zero-order valence-corrected chi connectivity index (χ0v) is 18.5. The smallest absolute Gasteiger partial charge is 0.264 e. The largest absolute Gasteiger partial charge is 0.271 e. The molecule has 30 heavy (non-hydrogen) atoms. The van der Waals surface area contributed by atoms with E-state index in [9.17, 15) is 13.2 Å². The van der Waals surface area contributed by atoms with Crippen LogP contribution in [0.1, 0.15) is 11.1 Å². The van der Waals surface area contributed by atoms with E-state index in [2.05, 4.69) is 31.4 Å². The number of halogens is 1. The van der Waals surface area contributed by atoms with E-state index < -0.39 is 22.5 Å². The van der Waals surface area contributed by atoms with Crippen molar-refractivity contribution < 1.29 is 13.2 Å². The first-order chi connectivity index (χ1) is 14.4. The Bertz CT molecular complexity index is 1130. The molecular formula is C21H19BrN4O3S. The molecular weight excluding hydrogens is 468 g/mol. The Kier molecular flexibility index (Phi) is 6.96. The van der Waals surface area contributed by atoms with E-state index in [1.165, 1.54) is 18.3 Å². The molecule has 0 aliphatic rings. The Balaban J connectivity index is 1.84. The van der Waals surface area contributed by atoms with Gasteiger partial charge in [0, 0.05) is 16.9 Å². The van der Waals surface area contributed by atoms with Crippen molar-refractivity contribution in [3.05, 3.63) is 88.7 Å². The molecule has 0 atom stereocenters. The highest BCUT2D eigenvalue weighted by Gasteiger charge is 2.27. The summed E-state index contributed by atoms with van der Waals surface area (Å²) < 4.78 is 28.4. The second-order valence-corrected chi connectivity index (χ2v) is 9.15. The molecule has 2 aromatic carbocycles. The van der Waals surface area contributed by atoms with Gasteiger partial charge in [-0.05, 0) is 61.0 Å². The summed E-state index contributed by atoms with van der Waals surface area (Å²) in [6, 6.07) is 16.6. The molecule has 0 fully saturated rings. The predicted molar refractivity (Wildman–Crippen MR) is 120 cm³/mol. The second-order valence-electron chi connectivity index (χ2n) is 6.37. The predicted octanol–water partition coefficient (Wildman–Crippen LogP) is 3.50. The van der Waals surface area contributed by atoms with Crippen LogP contribution in [0.25, 0.3) is 0 Å². The molecule has 3 aromatic rings. The van der Waals surface area contributed by atoms with Gasteiger partial charge in [0.1, 0.15) is 6.54 Å². The monoisotopic (exact) mass is 486 g/mol. The van der Waals surface area contributed by atoms with Gasteiger partial charge in [-0.2, -0.15) is 5.10 Å². The molecule has 3 rings (SSSR count). The molecule has 0 aliphatic carbocycles. The molecule has 1 N–H and O–H groups in total. The van der Waals surface area contributed by atoms with Crippen LogP contribution in [0.4, 0.5) is 5.69 Å². The van der Waals surface area contributed by atoms with Gasteiger partial charge < -0.3 is 0 Å². The number of nitrogens with one attached hydrogen (secondary N) is 1. The average molecular weight is 487 g/mol. The lowest BCUT2D eigenvalue weighted by Crippen LogP contribution is -2.39. The molecule has 1 aromatic heterocycles. The summed E-state index contributed by atoms with van der Waals surface area (Å²) in [6.07, 6.45) is 4.66. The number of amides is 1. The Morgan fingerprint density at radius 2 is 1.70 bits per heavy atom. The van der Waals surface area contributed by atoms with Crippen LogP contribution in [0.3, 0.4) is 0 Å². The van der Waals surface area contributed by atoms with Crippen LogP contribution in [0.2, 0.25) is 0 Å². The number of hydrogen-bond acceptors (Lipinski definition) is 5. The molecule has 0 radical (unpaired) electrons. The Labute approximate surface area is 183 Å². The molecule has 0 spiro atoms. The molecule has 0 aliphatic heterocycles. The number of carbonyl (C=O) groups excluding carboxylic acids is 1. The maximum atomic E-state index is 13.2. The van der Waals surface area contributed by atoms with Gasteiger partial charge in [0.05, 0.1) is 16.8 Å². The standard InChI is InChI=1S/C21H19BrN4O3S/c1-16-2-8-20(9-3-16)30(28,29)26(19-6-4-18(22)5-7-19)15-21(27)25-24-14-17-10-12-23-13-11-17/h2-14H,15H2,1H3,(H,25,27)/b24-14-. The Morgan fingerprint density at radius 3 is 2.33 bits per heavy atom. The number of carbonyl (C=O) groups is 1. The highest BCUT2D eigenvalue weighted by molar-refractivity contribution is 9.10. The molecule has 1 amide bonds. The summed E-state index contributed by atoms with van der Waals surface area (Å²) in [5, 5.41) is 3.89. The number of aromatic nitrogens is 1. The minimum Gasteiger partial charge on any atom is -0.271 e. The Morgan fingerprint density at radius 1 is 1.07 bits per heavy atom. The first-order valence-electron chi connectivity index (χ1n) is 8.93. The summed E-state index contributed by atoms with van der Waals surface area (Å²) >= 11 is 3.33. The number of nitrogens with zero attached hydrogens (tertiary/aromatic N) is 3. The van der Waals surface area contributed by atoms with Crippen molar-refractivity contribution in [3.8, 4) is 0 Å². The highest BCUT2D eigenvalue weighted by atomic mass is 79.9. The minimum atomic E-state index is -3.96. The number of hydrogen-bond donors (Lipinski definition) is 1. The van der Waals surface area contributed by atoms with E-state index in [4.69, 9.17) is 0 Å². The van der Waals surface area contributed by atoms with Gasteiger partial charge in [-0.25, -0.2) is 13.8 Å². The fourth-order valence-electron chi connectivity index (χ4n) is 2.55. The van der Waals surface area contributed by atoms with Gasteiger partial charge in [-0.3, -0.25) is 14.1 Å². The first-order valence-corrected chi connectivity index (χ1v) is 11.2. The van der Waals surface area contributed by atoms with Crippen molar-refractivity contribution in [2.24, 2.45) is 5.10 Å². The molecule has 7 nitrogen and oxygen atoms in total. The lowest BCUT2D eigenvalue weighted by Gasteiger charge is -2.23. The van der Waals surface area contributed by atoms with E-state index in [0.29, 0.717) is 5.69 Å². The SMILES string of the molecule is Cc1ccc(S(=O)(=O)N(CC(=O)N/N=C\c2ccncc2)c2ccc(Br)cc2)cc1. The van der Waals surface area contributed by atoms with Gasteiger partial charge in [-0.1, -0.05) is 33.6 Å². The van der Waals surface area contributed by atoms with Crippen LogP contribution >= 0.6 is 15.9 Å². The maximum Gasteiger partial charge on any atom is 0.264 e. The number of sulfonamides is 1. The Hall–Kier alpha value is -3.04. The van der Waals surface area contributed by atoms with Crippen molar-refractivity contribution >= 4 is 43.8 Å². The second kappa shape index (κ2) is 9.64. The van der Waals surface area contributed by atoms with Crippen molar-refractivity contribution in [1.29, 1.82) is 0 Å². The van der Waals surface area contributed by atoms with Gasteiger partial charge in [0.2, 0.25) is 0 Å². The maximum absolute atomic E-state index is 13.2. The van der Waals surface area contributed by atoms with Crippen LogP contribution in [0.5, 0.6) is 0 Å². The number of hydrazone groups is 1. The van der Waals surface area contributed by atoms with Crippen LogP contribution in [0, 0.1) is 6.92 Å². The molecule has 0 saturated heterocycles. The number of aryl methyl sites for hydroxylation is 1. The summed E-state index contributed by atoms with van der Waals surface area (Å²) in [7, 11) is -3.96. The lowest BCUT2D eigenvalue weighted by atomic mass is 10.2. The zero-order valence-electron chi connectivity index (χ0n) is 16.1. The number of pyridine rings is 1. The minimum absolute atomic E-state index is 0.101. The lowest BCUT2D eigenvalue weighted by molar-refractivity contribution is -0.119. The molecule has 0 saturated carbocycles. The summed E-state index contributed by atoms with van der Waals surface area (Å²) in [4.78, 5) is 16.5. The topological polar surface area (TPSA) is 91.7 Å². The summed E-state index contributed by atoms with van der Waals surface area (Å²) in [6.45, 7) is 1.45. The molecule has 9 heteroatoms.